The van der Waals surface area contributed by atoms with Gasteiger partial charge in [0.25, 0.3) is 0 Å². The maximum Gasteiger partial charge on any atom is 0.338 e. The van der Waals surface area contributed by atoms with Gasteiger partial charge in [0, 0.05) is 4.91 Å². The summed E-state index contributed by atoms with van der Waals surface area (Å²) in [6, 6.07) is 0. The Morgan fingerprint density at radius 1 is 1.85 bits per heavy atom. The van der Waals surface area contributed by atoms with Crippen molar-refractivity contribution in [2.75, 3.05) is 13.7 Å². The van der Waals surface area contributed by atoms with E-state index in [1.54, 1.807) is 0 Å². The summed E-state index contributed by atoms with van der Waals surface area (Å²) in [5.74, 6) is -0.746. The van der Waals surface area contributed by atoms with Crippen molar-refractivity contribution < 1.29 is 18.7 Å². The van der Waals surface area contributed by atoms with E-state index in [4.69, 9.17) is 10.3 Å². The van der Waals surface area contributed by atoms with Crippen LogP contribution in [0.15, 0.2) is 5.11 Å². The molecule has 0 aliphatic carbocycles. The zero-order chi connectivity index (χ0) is 9.84. The quantitative estimate of drug-likeness (QED) is 0.281. The van der Waals surface area contributed by atoms with Gasteiger partial charge < -0.3 is 9.47 Å². The predicted octanol–water partition coefficient (Wildman–Crippen LogP) is 0.575. The van der Waals surface area contributed by atoms with Gasteiger partial charge >= 0.3 is 5.97 Å². The van der Waals surface area contributed by atoms with Crippen molar-refractivity contribution in [1.82, 2.24) is 0 Å². The number of alkyl halides is 1. The topological polar surface area (TPSA) is 84.3 Å². The van der Waals surface area contributed by atoms with Crippen molar-refractivity contribution >= 4 is 5.97 Å². The average Bonchev–Trinajstić information content (AvgIpc) is 2.15. The van der Waals surface area contributed by atoms with E-state index in [2.05, 4.69) is 14.8 Å². The fraction of sp³-hybridized carbons (Fsp3) is 0.833. The van der Waals surface area contributed by atoms with Crippen LogP contribution in [0.3, 0.4) is 0 Å². The Morgan fingerprint density at radius 2 is 2.54 bits per heavy atom. The third-order valence-electron chi connectivity index (χ3n) is 1.72. The van der Waals surface area contributed by atoms with Crippen LogP contribution in [0.2, 0.25) is 0 Å². The summed E-state index contributed by atoms with van der Waals surface area (Å²) in [5.41, 5.74) is 7.93. The molecule has 72 valence electrons. The molecule has 0 N–H and O–H groups in total. The van der Waals surface area contributed by atoms with E-state index >= 15 is 0 Å². The van der Waals surface area contributed by atoms with E-state index in [0.717, 1.165) is 7.11 Å². The maximum absolute atomic E-state index is 13.0. The van der Waals surface area contributed by atoms with Gasteiger partial charge in [0.05, 0.1) is 19.8 Å². The van der Waals surface area contributed by atoms with Crippen LogP contribution < -0.4 is 0 Å². The molecule has 0 saturated carbocycles. The maximum atomic E-state index is 13.0. The van der Waals surface area contributed by atoms with Crippen LogP contribution in [0.25, 0.3) is 10.4 Å². The zero-order valence-corrected chi connectivity index (χ0v) is 6.88. The Kier molecular flexibility index (Phi) is 3.05. The summed E-state index contributed by atoms with van der Waals surface area (Å²) < 4.78 is 22.1. The molecule has 7 heteroatoms. The first-order valence-electron chi connectivity index (χ1n) is 3.59. The molecule has 1 rings (SSSR count). The van der Waals surface area contributed by atoms with Crippen molar-refractivity contribution in [2.45, 2.75) is 18.4 Å². The molecule has 0 aromatic rings. The molecule has 1 aliphatic rings. The first-order valence-corrected chi connectivity index (χ1v) is 3.59. The summed E-state index contributed by atoms with van der Waals surface area (Å²) in [4.78, 5) is 13.2. The van der Waals surface area contributed by atoms with Gasteiger partial charge in [0.2, 0.25) is 0 Å². The number of hydrogen-bond acceptors (Lipinski definition) is 4. The van der Waals surface area contributed by atoms with E-state index in [1.807, 2.05) is 0 Å². The number of hydrogen-bond donors (Lipinski definition) is 0. The van der Waals surface area contributed by atoms with Crippen LogP contribution in [0.5, 0.6) is 0 Å². The lowest BCUT2D eigenvalue weighted by Crippen LogP contribution is -2.56. The number of esters is 1. The molecular formula is C6H8FN3O3. The Labute approximate surface area is 73.2 Å². The lowest BCUT2D eigenvalue weighted by atomic mass is 10.0. The van der Waals surface area contributed by atoms with Gasteiger partial charge in [-0.15, -0.1) is 0 Å². The summed E-state index contributed by atoms with van der Waals surface area (Å²) in [7, 11) is 1.15. The summed E-state index contributed by atoms with van der Waals surface area (Å²) in [6.07, 6.45) is -3.43. The molecule has 1 heterocycles. The third kappa shape index (κ3) is 1.88. The molecule has 0 radical (unpaired) electrons. The van der Waals surface area contributed by atoms with Crippen molar-refractivity contribution in [1.29, 1.82) is 0 Å². The van der Waals surface area contributed by atoms with Crippen LogP contribution in [0, 0.1) is 0 Å². The molecule has 1 fully saturated rings. The monoisotopic (exact) mass is 189 g/mol. The van der Waals surface area contributed by atoms with Gasteiger partial charge in [-0.3, -0.25) is 0 Å². The second-order valence-corrected chi connectivity index (χ2v) is 2.48. The highest BCUT2D eigenvalue weighted by Crippen LogP contribution is 2.25. The van der Waals surface area contributed by atoms with E-state index in [-0.39, 0.29) is 6.54 Å². The number of halogens is 1. The van der Waals surface area contributed by atoms with Crippen LogP contribution in [-0.2, 0) is 14.3 Å². The number of ether oxygens (including phenoxy) is 2. The van der Waals surface area contributed by atoms with Crippen LogP contribution in [0.4, 0.5) is 4.39 Å². The molecule has 0 unspecified atom stereocenters. The Hall–Kier alpha value is -1.33. The zero-order valence-electron chi connectivity index (χ0n) is 6.88. The number of azide groups is 1. The van der Waals surface area contributed by atoms with Gasteiger partial charge in [-0.05, 0) is 5.53 Å². The molecule has 1 aliphatic heterocycles. The van der Waals surface area contributed by atoms with Crippen molar-refractivity contribution in [2.24, 2.45) is 5.11 Å². The molecular weight excluding hydrogens is 181 g/mol. The van der Waals surface area contributed by atoms with E-state index in [1.165, 1.54) is 0 Å². The minimum Gasteiger partial charge on any atom is -0.467 e. The highest BCUT2D eigenvalue weighted by atomic mass is 19.1. The summed E-state index contributed by atoms with van der Waals surface area (Å²) >= 11 is 0. The molecule has 0 amide bonds. The fourth-order valence-electron chi connectivity index (χ4n) is 1.01. The standard InChI is InChI=1S/C6H8FN3O3/c1-12-6(11)5-4(7)3(13-5)2-9-10-8/h3-5H,2H2,1H3/t3-,4+,5-/m1/s1. The van der Waals surface area contributed by atoms with Crippen molar-refractivity contribution in [3.05, 3.63) is 10.4 Å². The molecule has 0 aromatic heterocycles. The lowest BCUT2D eigenvalue weighted by molar-refractivity contribution is -0.209. The summed E-state index contributed by atoms with van der Waals surface area (Å²) in [5, 5.41) is 3.13. The number of nitrogens with zero attached hydrogens (tertiary/aromatic N) is 3. The van der Waals surface area contributed by atoms with Gasteiger partial charge in [0.15, 0.2) is 12.3 Å². The van der Waals surface area contributed by atoms with Crippen LogP contribution >= 0.6 is 0 Å². The highest BCUT2D eigenvalue weighted by molar-refractivity contribution is 5.76. The minimum atomic E-state index is -1.45. The lowest BCUT2D eigenvalue weighted by Gasteiger charge is -2.36. The third-order valence-corrected chi connectivity index (χ3v) is 1.72. The number of carbonyl (C=O) groups excluding carboxylic acids is 1. The first kappa shape index (κ1) is 9.76. The molecule has 1 saturated heterocycles. The molecule has 0 aromatic carbocycles. The fourth-order valence-corrected chi connectivity index (χ4v) is 1.01. The van der Waals surface area contributed by atoms with Crippen molar-refractivity contribution in [3.63, 3.8) is 0 Å². The van der Waals surface area contributed by atoms with Crippen molar-refractivity contribution in [3.8, 4) is 0 Å². The molecule has 0 bridgehead atoms. The Bertz CT molecular complexity index is 254. The second-order valence-electron chi connectivity index (χ2n) is 2.48. The minimum absolute atomic E-state index is 0.106. The second kappa shape index (κ2) is 4.06. The molecule has 3 atom stereocenters. The van der Waals surface area contributed by atoms with Gasteiger partial charge in [-0.1, -0.05) is 5.11 Å². The Morgan fingerprint density at radius 3 is 3.00 bits per heavy atom. The van der Waals surface area contributed by atoms with Gasteiger partial charge in [-0.2, -0.15) is 0 Å². The SMILES string of the molecule is COC(=O)[C@@H]1O[C@H](CN=[N+]=[N-])[C@@H]1F. The van der Waals surface area contributed by atoms with E-state index in [0.29, 0.717) is 0 Å². The largest absolute Gasteiger partial charge is 0.467 e. The number of rotatable bonds is 3. The van der Waals surface area contributed by atoms with E-state index < -0.39 is 24.3 Å². The van der Waals surface area contributed by atoms with E-state index in [9.17, 15) is 9.18 Å². The Balaban J connectivity index is 2.38. The normalized spacial score (nSPS) is 31.4. The smallest absolute Gasteiger partial charge is 0.338 e. The number of carbonyl (C=O) groups is 1. The van der Waals surface area contributed by atoms with Crippen LogP contribution in [-0.4, -0.2) is 38.0 Å². The number of methoxy groups -OCH3 is 1. The van der Waals surface area contributed by atoms with Gasteiger partial charge in [0.1, 0.15) is 0 Å². The van der Waals surface area contributed by atoms with Crippen LogP contribution in [0.1, 0.15) is 0 Å². The molecule has 0 spiro atoms. The highest BCUT2D eigenvalue weighted by Gasteiger charge is 2.47. The molecule has 13 heavy (non-hydrogen) atoms. The molecule has 6 nitrogen and oxygen atoms in total. The first-order chi connectivity index (χ1) is 6.20. The van der Waals surface area contributed by atoms with Gasteiger partial charge in [-0.25, -0.2) is 9.18 Å². The summed E-state index contributed by atoms with van der Waals surface area (Å²) in [6.45, 7) is -0.106. The predicted molar refractivity (Wildman–Crippen MR) is 39.6 cm³/mol. The average molecular weight is 189 g/mol.